The first-order valence-electron chi connectivity index (χ1n) is 5.14. The highest BCUT2D eigenvalue weighted by atomic mass is 19.4. The van der Waals surface area contributed by atoms with Gasteiger partial charge < -0.3 is 5.73 Å². The van der Waals surface area contributed by atoms with E-state index in [9.17, 15) is 13.2 Å². The Bertz CT molecular complexity index is 186. The quantitative estimate of drug-likeness (QED) is 0.759. The van der Waals surface area contributed by atoms with Crippen molar-refractivity contribution in [3.63, 3.8) is 0 Å². The van der Waals surface area contributed by atoms with Crippen LogP contribution < -0.4 is 5.73 Å². The van der Waals surface area contributed by atoms with Crippen LogP contribution >= 0.6 is 0 Å². The van der Waals surface area contributed by atoms with Gasteiger partial charge in [-0.05, 0) is 6.92 Å². The molecule has 1 aliphatic heterocycles. The molecule has 1 aliphatic rings. The van der Waals surface area contributed by atoms with Crippen molar-refractivity contribution < 1.29 is 13.2 Å². The average molecular weight is 225 g/mol. The Balaban J connectivity index is 2.24. The first-order valence-corrected chi connectivity index (χ1v) is 5.14. The van der Waals surface area contributed by atoms with Crippen LogP contribution in [0.5, 0.6) is 0 Å². The van der Waals surface area contributed by atoms with Crippen molar-refractivity contribution in [2.24, 2.45) is 5.73 Å². The number of alkyl halides is 3. The molecule has 0 spiro atoms. The highest BCUT2D eigenvalue weighted by Gasteiger charge is 2.32. The number of nitrogens with zero attached hydrogens (tertiary/aromatic N) is 2. The zero-order valence-electron chi connectivity index (χ0n) is 8.93. The summed E-state index contributed by atoms with van der Waals surface area (Å²) >= 11 is 0. The van der Waals surface area contributed by atoms with Crippen molar-refractivity contribution in [2.45, 2.75) is 19.1 Å². The molecule has 0 aromatic carbocycles. The Labute approximate surface area is 88.0 Å². The van der Waals surface area contributed by atoms with E-state index in [1.807, 2.05) is 6.92 Å². The highest BCUT2D eigenvalue weighted by molar-refractivity contribution is 4.75. The van der Waals surface area contributed by atoms with Crippen LogP contribution in [0.2, 0.25) is 0 Å². The minimum atomic E-state index is -4.08. The van der Waals surface area contributed by atoms with Crippen LogP contribution in [0.4, 0.5) is 13.2 Å². The van der Waals surface area contributed by atoms with Crippen LogP contribution in [0.25, 0.3) is 0 Å². The van der Waals surface area contributed by atoms with Gasteiger partial charge in [0, 0.05) is 38.8 Å². The van der Waals surface area contributed by atoms with Crippen molar-refractivity contribution in [3.8, 4) is 0 Å². The van der Waals surface area contributed by atoms with E-state index in [-0.39, 0.29) is 6.04 Å². The summed E-state index contributed by atoms with van der Waals surface area (Å²) in [5, 5.41) is 0. The van der Waals surface area contributed by atoms with Gasteiger partial charge in [-0.15, -0.1) is 0 Å². The van der Waals surface area contributed by atoms with Crippen LogP contribution in [0.1, 0.15) is 6.92 Å². The molecule has 1 rings (SSSR count). The third-order valence-corrected chi connectivity index (χ3v) is 2.41. The second-order valence-corrected chi connectivity index (χ2v) is 4.17. The molecular weight excluding hydrogens is 207 g/mol. The van der Waals surface area contributed by atoms with Gasteiger partial charge in [0.1, 0.15) is 0 Å². The Hall–Kier alpha value is -0.330. The van der Waals surface area contributed by atoms with Crippen molar-refractivity contribution >= 4 is 0 Å². The minimum Gasteiger partial charge on any atom is -0.327 e. The number of halogens is 3. The number of nitrogens with two attached hydrogens (primary N) is 1. The van der Waals surface area contributed by atoms with E-state index in [4.69, 9.17) is 5.73 Å². The standard InChI is InChI=1S/C9H18F3N3/c1-8(13)6-14-2-4-15(5-3-14)7-9(10,11)12/h8H,2-7,13H2,1H3/t8-/m0/s1. The molecule has 1 fully saturated rings. The molecule has 0 aliphatic carbocycles. The molecule has 1 atom stereocenters. The van der Waals surface area contributed by atoms with E-state index in [0.717, 1.165) is 6.54 Å². The maximum Gasteiger partial charge on any atom is 0.401 e. The average Bonchev–Trinajstić information content (AvgIpc) is 2.05. The van der Waals surface area contributed by atoms with Gasteiger partial charge in [0.05, 0.1) is 6.54 Å². The SMILES string of the molecule is C[C@H](N)CN1CCN(CC(F)(F)F)CC1. The zero-order chi connectivity index (χ0) is 11.5. The van der Waals surface area contributed by atoms with E-state index >= 15 is 0 Å². The largest absolute Gasteiger partial charge is 0.401 e. The lowest BCUT2D eigenvalue weighted by molar-refractivity contribution is -0.149. The Morgan fingerprint density at radius 3 is 2.00 bits per heavy atom. The molecule has 90 valence electrons. The molecule has 1 saturated heterocycles. The molecule has 0 aromatic heterocycles. The van der Waals surface area contributed by atoms with Gasteiger partial charge in [-0.25, -0.2) is 0 Å². The summed E-state index contributed by atoms with van der Waals surface area (Å²) in [5.74, 6) is 0. The monoisotopic (exact) mass is 225 g/mol. The summed E-state index contributed by atoms with van der Waals surface area (Å²) in [4.78, 5) is 3.55. The van der Waals surface area contributed by atoms with E-state index in [0.29, 0.717) is 26.2 Å². The normalized spacial score (nSPS) is 23.0. The Morgan fingerprint density at radius 1 is 1.13 bits per heavy atom. The fourth-order valence-electron chi connectivity index (χ4n) is 1.79. The van der Waals surface area contributed by atoms with Gasteiger partial charge in [-0.3, -0.25) is 9.80 Å². The number of rotatable bonds is 3. The molecule has 0 aromatic rings. The Kier molecular flexibility index (Phi) is 4.36. The minimum absolute atomic E-state index is 0.0826. The maximum atomic E-state index is 12.1. The highest BCUT2D eigenvalue weighted by Crippen LogP contribution is 2.17. The summed E-state index contributed by atoms with van der Waals surface area (Å²) < 4.78 is 36.2. The summed E-state index contributed by atoms with van der Waals surface area (Å²) in [7, 11) is 0. The van der Waals surface area contributed by atoms with E-state index in [1.54, 1.807) is 0 Å². The summed E-state index contributed by atoms with van der Waals surface area (Å²) in [6.07, 6.45) is -4.08. The Morgan fingerprint density at radius 2 is 1.60 bits per heavy atom. The van der Waals surface area contributed by atoms with E-state index < -0.39 is 12.7 Å². The smallest absolute Gasteiger partial charge is 0.327 e. The van der Waals surface area contributed by atoms with Crippen LogP contribution in [-0.2, 0) is 0 Å². The van der Waals surface area contributed by atoms with Gasteiger partial charge in [0.2, 0.25) is 0 Å². The molecular formula is C9H18F3N3. The fourth-order valence-corrected chi connectivity index (χ4v) is 1.79. The maximum absolute atomic E-state index is 12.1. The van der Waals surface area contributed by atoms with Gasteiger partial charge >= 0.3 is 6.18 Å². The molecule has 15 heavy (non-hydrogen) atoms. The van der Waals surface area contributed by atoms with Crippen LogP contribution in [0.3, 0.4) is 0 Å². The second kappa shape index (κ2) is 5.14. The lowest BCUT2D eigenvalue weighted by Gasteiger charge is -2.35. The number of hydrogen-bond acceptors (Lipinski definition) is 3. The van der Waals surface area contributed by atoms with Crippen molar-refractivity contribution in [1.29, 1.82) is 0 Å². The van der Waals surface area contributed by atoms with Crippen LogP contribution in [0, 0.1) is 0 Å². The zero-order valence-corrected chi connectivity index (χ0v) is 8.93. The van der Waals surface area contributed by atoms with Crippen LogP contribution in [0.15, 0.2) is 0 Å². The molecule has 6 heteroatoms. The molecule has 0 unspecified atom stereocenters. The lowest BCUT2D eigenvalue weighted by atomic mass is 10.2. The van der Waals surface area contributed by atoms with Crippen molar-refractivity contribution in [3.05, 3.63) is 0 Å². The molecule has 1 heterocycles. The molecule has 3 nitrogen and oxygen atoms in total. The third-order valence-electron chi connectivity index (χ3n) is 2.41. The van der Waals surface area contributed by atoms with E-state index in [2.05, 4.69) is 4.90 Å². The number of hydrogen-bond donors (Lipinski definition) is 1. The van der Waals surface area contributed by atoms with Gasteiger partial charge in [0.15, 0.2) is 0 Å². The van der Waals surface area contributed by atoms with Crippen molar-refractivity contribution in [2.75, 3.05) is 39.3 Å². The van der Waals surface area contributed by atoms with Gasteiger partial charge in [-0.1, -0.05) is 0 Å². The third kappa shape index (κ3) is 5.34. The van der Waals surface area contributed by atoms with Crippen LogP contribution in [-0.4, -0.2) is 61.3 Å². The van der Waals surface area contributed by atoms with Gasteiger partial charge in [0.25, 0.3) is 0 Å². The molecule has 0 bridgehead atoms. The van der Waals surface area contributed by atoms with E-state index in [1.165, 1.54) is 4.90 Å². The molecule has 0 amide bonds. The predicted molar refractivity (Wildman–Crippen MR) is 52.6 cm³/mol. The fraction of sp³-hybridized carbons (Fsp3) is 1.00. The lowest BCUT2D eigenvalue weighted by Crippen LogP contribution is -2.51. The summed E-state index contributed by atoms with van der Waals surface area (Å²) in [6, 6.07) is 0.0826. The predicted octanol–water partition coefficient (Wildman–Crippen LogP) is 0.514. The van der Waals surface area contributed by atoms with Gasteiger partial charge in [-0.2, -0.15) is 13.2 Å². The second-order valence-electron chi connectivity index (χ2n) is 4.17. The topological polar surface area (TPSA) is 32.5 Å². The number of piperazine rings is 1. The summed E-state index contributed by atoms with van der Waals surface area (Å²) in [5.41, 5.74) is 5.62. The summed E-state index contributed by atoms with van der Waals surface area (Å²) in [6.45, 7) is 4.19. The molecule has 2 N–H and O–H groups in total. The molecule has 0 radical (unpaired) electrons. The first-order chi connectivity index (χ1) is 6.87. The molecule has 0 saturated carbocycles. The van der Waals surface area contributed by atoms with Crippen molar-refractivity contribution in [1.82, 2.24) is 9.80 Å². The first kappa shape index (κ1) is 12.7.